The number of benzene rings is 1. The number of amides is 2. The molecule has 7 heteroatoms. The van der Waals surface area contributed by atoms with Crippen molar-refractivity contribution in [1.82, 2.24) is 5.32 Å². The molecule has 1 aliphatic carbocycles. The Morgan fingerprint density at radius 1 is 1.10 bits per heavy atom. The molecule has 3 atom stereocenters. The Labute approximate surface area is 169 Å². The lowest BCUT2D eigenvalue weighted by atomic mass is 9.78. The quantitative estimate of drug-likeness (QED) is 0.724. The van der Waals surface area contributed by atoms with Gasteiger partial charge in [0.05, 0.1) is 11.8 Å². The van der Waals surface area contributed by atoms with Gasteiger partial charge in [0, 0.05) is 11.7 Å². The summed E-state index contributed by atoms with van der Waals surface area (Å²) in [7, 11) is 0. The third kappa shape index (κ3) is 5.47. The number of anilines is 1. The highest BCUT2D eigenvalue weighted by molar-refractivity contribution is 6.02. The van der Waals surface area contributed by atoms with Crippen molar-refractivity contribution in [2.24, 2.45) is 11.8 Å². The molecule has 29 heavy (non-hydrogen) atoms. The van der Waals surface area contributed by atoms with Crippen LogP contribution in [0.25, 0.3) is 0 Å². The maximum absolute atomic E-state index is 12.2. The predicted octanol–water partition coefficient (Wildman–Crippen LogP) is 3.63. The highest BCUT2D eigenvalue weighted by Gasteiger charge is 2.28. The second-order valence-electron chi connectivity index (χ2n) is 7.53. The van der Waals surface area contributed by atoms with Crippen LogP contribution in [-0.4, -0.2) is 30.4 Å². The summed E-state index contributed by atoms with van der Waals surface area (Å²) in [4.78, 5) is 36.3. The molecule has 1 aromatic heterocycles. The molecular formula is C22H26N2O5. The minimum Gasteiger partial charge on any atom is -0.459 e. The maximum atomic E-state index is 12.2. The number of carbonyl (C=O) groups excluding carboxylic acids is 3. The average Bonchev–Trinajstić information content (AvgIpc) is 3.25. The van der Waals surface area contributed by atoms with Crippen LogP contribution in [0.15, 0.2) is 47.1 Å². The number of furan rings is 1. The minimum atomic E-state index is -0.589. The van der Waals surface area contributed by atoms with Crippen LogP contribution in [0.1, 0.15) is 54.0 Å². The first-order chi connectivity index (χ1) is 13.9. The van der Waals surface area contributed by atoms with Gasteiger partial charge in [-0.25, -0.2) is 4.79 Å². The van der Waals surface area contributed by atoms with Crippen LogP contribution in [0.3, 0.4) is 0 Å². The van der Waals surface area contributed by atoms with Crippen LogP contribution in [0, 0.1) is 11.8 Å². The second kappa shape index (κ2) is 9.41. The Morgan fingerprint density at radius 3 is 2.55 bits per heavy atom. The van der Waals surface area contributed by atoms with E-state index in [1.54, 1.807) is 24.3 Å². The summed E-state index contributed by atoms with van der Waals surface area (Å²) in [5.41, 5.74) is 0.814. The molecule has 1 fully saturated rings. The van der Waals surface area contributed by atoms with Gasteiger partial charge in [0.25, 0.3) is 11.8 Å². The summed E-state index contributed by atoms with van der Waals surface area (Å²) in [5, 5.41) is 5.64. The van der Waals surface area contributed by atoms with Gasteiger partial charge in [0.15, 0.2) is 12.4 Å². The lowest BCUT2D eigenvalue weighted by Crippen LogP contribution is -2.45. The van der Waals surface area contributed by atoms with Crippen LogP contribution in [-0.2, 0) is 9.53 Å². The zero-order valence-corrected chi connectivity index (χ0v) is 16.6. The maximum Gasteiger partial charge on any atom is 0.338 e. The van der Waals surface area contributed by atoms with Gasteiger partial charge in [-0.2, -0.15) is 0 Å². The fourth-order valence-corrected chi connectivity index (χ4v) is 3.54. The molecule has 0 spiro atoms. The number of carbonyl (C=O) groups is 3. The normalized spacial score (nSPS) is 21.2. The van der Waals surface area contributed by atoms with E-state index in [1.807, 2.05) is 0 Å². The Hall–Kier alpha value is -3.09. The Morgan fingerprint density at radius 2 is 1.86 bits per heavy atom. The number of hydrogen-bond donors (Lipinski definition) is 2. The standard InChI is InChI=1S/C22H26N2O5/c1-14-5-3-6-18(15(14)2)24-20(25)13-29-22(27)16-8-10-17(11-9-16)23-21(26)19-7-4-12-28-19/h4,7-12,14-15,18H,3,5-6,13H2,1-2H3,(H,23,26)(H,24,25)/t14-,15+,18-/m0/s1. The zero-order valence-electron chi connectivity index (χ0n) is 16.6. The average molecular weight is 398 g/mol. The largest absolute Gasteiger partial charge is 0.459 e. The molecule has 0 unspecified atom stereocenters. The number of hydrogen-bond acceptors (Lipinski definition) is 5. The molecule has 2 amide bonds. The van der Waals surface area contributed by atoms with E-state index < -0.39 is 5.97 Å². The molecule has 7 nitrogen and oxygen atoms in total. The van der Waals surface area contributed by atoms with Crippen molar-refractivity contribution in [3.8, 4) is 0 Å². The number of nitrogens with one attached hydrogen (secondary N) is 2. The topological polar surface area (TPSA) is 97.6 Å². The van der Waals surface area contributed by atoms with Crippen LogP contribution >= 0.6 is 0 Å². The van der Waals surface area contributed by atoms with E-state index in [0.29, 0.717) is 23.1 Å². The highest BCUT2D eigenvalue weighted by Crippen LogP contribution is 2.29. The fourth-order valence-electron chi connectivity index (χ4n) is 3.54. The van der Waals surface area contributed by atoms with Gasteiger partial charge < -0.3 is 19.8 Å². The number of esters is 1. The van der Waals surface area contributed by atoms with Gasteiger partial charge in [-0.15, -0.1) is 0 Å². The molecule has 3 rings (SSSR count). The summed E-state index contributed by atoms with van der Waals surface area (Å²) >= 11 is 0. The van der Waals surface area contributed by atoms with Crippen molar-refractivity contribution in [2.45, 2.75) is 39.2 Å². The van der Waals surface area contributed by atoms with Crippen LogP contribution in [0.4, 0.5) is 5.69 Å². The van der Waals surface area contributed by atoms with Crippen molar-refractivity contribution in [3.63, 3.8) is 0 Å². The molecule has 1 saturated carbocycles. The van der Waals surface area contributed by atoms with E-state index in [-0.39, 0.29) is 30.2 Å². The summed E-state index contributed by atoms with van der Waals surface area (Å²) in [6, 6.07) is 9.54. The molecule has 0 radical (unpaired) electrons. The predicted molar refractivity (Wildman–Crippen MR) is 107 cm³/mol. The van der Waals surface area contributed by atoms with Crippen molar-refractivity contribution in [2.75, 3.05) is 11.9 Å². The van der Waals surface area contributed by atoms with Crippen LogP contribution in [0.5, 0.6) is 0 Å². The zero-order chi connectivity index (χ0) is 20.8. The molecule has 1 heterocycles. The molecule has 2 aromatic rings. The Kier molecular flexibility index (Phi) is 6.69. The lowest BCUT2D eigenvalue weighted by Gasteiger charge is -2.34. The highest BCUT2D eigenvalue weighted by atomic mass is 16.5. The Bertz CT molecular complexity index is 845. The van der Waals surface area contributed by atoms with Crippen LogP contribution in [0.2, 0.25) is 0 Å². The fraction of sp³-hybridized carbons (Fsp3) is 0.409. The van der Waals surface area contributed by atoms with E-state index in [9.17, 15) is 14.4 Å². The number of rotatable bonds is 6. The van der Waals surface area contributed by atoms with Gasteiger partial charge in [0.2, 0.25) is 0 Å². The first-order valence-electron chi connectivity index (χ1n) is 9.85. The van der Waals surface area contributed by atoms with Crippen molar-refractivity contribution in [1.29, 1.82) is 0 Å². The van der Waals surface area contributed by atoms with E-state index in [4.69, 9.17) is 9.15 Å². The summed E-state index contributed by atoms with van der Waals surface area (Å²) in [6.45, 7) is 4.03. The van der Waals surface area contributed by atoms with E-state index in [1.165, 1.54) is 24.8 Å². The molecule has 1 aliphatic rings. The Balaban J connectivity index is 1.46. The van der Waals surface area contributed by atoms with Gasteiger partial charge in [-0.1, -0.05) is 26.7 Å². The molecule has 0 aliphatic heterocycles. The van der Waals surface area contributed by atoms with Crippen molar-refractivity contribution in [3.05, 3.63) is 54.0 Å². The third-order valence-electron chi connectivity index (χ3n) is 5.51. The van der Waals surface area contributed by atoms with E-state index in [2.05, 4.69) is 24.5 Å². The smallest absolute Gasteiger partial charge is 0.338 e. The van der Waals surface area contributed by atoms with Gasteiger partial charge in [0.1, 0.15) is 0 Å². The van der Waals surface area contributed by atoms with Crippen LogP contribution < -0.4 is 10.6 Å². The first kappa shape index (κ1) is 20.6. The number of ether oxygens (including phenoxy) is 1. The molecule has 0 saturated heterocycles. The second-order valence-corrected chi connectivity index (χ2v) is 7.53. The van der Waals surface area contributed by atoms with Crippen molar-refractivity contribution < 1.29 is 23.5 Å². The minimum absolute atomic E-state index is 0.127. The SMILES string of the molecule is C[C@H]1[C@@H](NC(=O)COC(=O)c2ccc(NC(=O)c3ccco3)cc2)CCC[C@@H]1C. The molecule has 1 aromatic carbocycles. The monoisotopic (exact) mass is 398 g/mol. The van der Waals surface area contributed by atoms with Gasteiger partial charge in [-0.05, 0) is 54.7 Å². The van der Waals surface area contributed by atoms with Gasteiger partial charge >= 0.3 is 5.97 Å². The van der Waals surface area contributed by atoms with E-state index in [0.717, 1.165) is 12.8 Å². The molecular weight excluding hydrogens is 372 g/mol. The first-order valence-corrected chi connectivity index (χ1v) is 9.85. The lowest BCUT2D eigenvalue weighted by molar-refractivity contribution is -0.125. The summed E-state index contributed by atoms with van der Waals surface area (Å²) in [6.07, 6.45) is 4.65. The molecule has 154 valence electrons. The van der Waals surface area contributed by atoms with E-state index >= 15 is 0 Å². The summed E-state index contributed by atoms with van der Waals surface area (Å²) in [5.74, 6) is -0.0779. The molecule has 0 bridgehead atoms. The van der Waals surface area contributed by atoms with Crippen molar-refractivity contribution >= 4 is 23.5 Å². The molecule has 2 N–H and O–H groups in total. The van der Waals surface area contributed by atoms with Gasteiger partial charge in [-0.3, -0.25) is 9.59 Å². The third-order valence-corrected chi connectivity index (χ3v) is 5.51. The summed E-state index contributed by atoms with van der Waals surface area (Å²) < 4.78 is 10.1.